The molecule has 0 bridgehead atoms. The number of nitrogen functional groups attached to an aromatic ring is 1. The number of anilines is 1. The lowest BCUT2D eigenvalue weighted by molar-refractivity contribution is -0.129. The molecule has 2 N–H and O–H groups in total. The minimum Gasteiger partial charge on any atom is -0.399 e. The van der Waals surface area contributed by atoms with E-state index in [0.717, 1.165) is 37.1 Å². The van der Waals surface area contributed by atoms with Gasteiger partial charge in [-0.05, 0) is 54.2 Å². The maximum atomic E-state index is 12.9. The van der Waals surface area contributed by atoms with E-state index in [9.17, 15) is 9.18 Å². The van der Waals surface area contributed by atoms with Crippen molar-refractivity contribution in [3.63, 3.8) is 0 Å². The highest BCUT2D eigenvalue weighted by atomic mass is 35.5. The number of amides is 1. The lowest BCUT2D eigenvalue weighted by atomic mass is 9.99. The topological polar surface area (TPSA) is 46.3 Å². The molecule has 1 aliphatic rings. The van der Waals surface area contributed by atoms with Gasteiger partial charge >= 0.3 is 0 Å². The summed E-state index contributed by atoms with van der Waals surface area (Å²) in [5.74, 6) is 0.410. The molecule has 0 spiro atoms. The van der Waals surface area contributed by atoms with E-state index >= 15 is 0 Å². The third kappa shape index (κ3) is 4.71. The Morgan fingerprint density at radius 3 is 2.38 bits per heavy atom. The summed E-state index contributed by atoms with van der Waals surface area (Å²) in [6.45, 7) is 1.59. The summed E-state index contributed by atoms with van der Waals surface area (Å²) >= 11 is 0. The maximum absolute atomic E-state index is 12.9. The van der Waals surface area contributed by atoms with Gasteiger partial charge in [-0.1, -0.05) is 24.3 Å². The molecule has 3 rings (SSSR count). The predicted octanol–water partition coefficient (Wildman–Crippen LogP) is 3.46. The number of likely N-dealkylation sites (tertiary alicyclic amines) is 1. The number of carbonyl (C=O) groups is 1. The minimum atomic E-state index is -0.208. The SMILES string of the molecule is Cl.Nc1ccc(CC(=O)N2CCC(Cc3ccc(F)cc3)C2)cc1. The largest absolute Gasteiger partial charge is 0.399 e. The number of hydrogen-bond acceptors (Lipinski definition) is 2. The van der Waals surface area contributed by atoms with Crippen LogP contribution in [0.1, 0.15) is 17.5 Å². The normalized spacial score (nSPS) is 16.7. The van der Waals surface area contributed by atoms with Gasteiger partial charge in [0, 0.05) is 18.8 Å². The zero-order valence-electron chi connectivity index (χ0n) is 13.5. The minimum absolute atomic E-state index is 0. The van der Waals surface area contributed by atoms with Gasteiger partial charge in [0.1, 0.15) is 5.82 Å². The van der Waals surface area contributed by atoms with E-state index in [4.69, 9.17) is 5.73 Å². The van der Waals surface area contributed by atoms with Gasteiger partial charge in [-0.15, -0.1) is 12.4 Å². The van der Waals surface area contributed by atoms with E-state index in [-0.39, 0.29) is 24.1 Å². The molecule has 0 aromatic heterocycles. The van der Waals surface area contributed by atoms with Crippen LogP contribution in [-0.4, -0.2) is 23.9 Å². The molecular formula is C19H22ClFN2O. The highest BCUT2D eigenvalue weighted by molar-refractivity contribution is 5.85. The van der Waals surface area contributed by atoms with Crippen molar-refractivity contribution in [2.45, 2.75) is 19.3 Å². The van der Waals surface area contributed by atoms with Gasteiger partial charge in [0.25, 0.3) is 0 Å². The second-order valence-electron chi connectivity index (χ2n) is 6.24. The Labute approximate surface area is 148 Å². The monoisotopic (exact) mass is 348 g/mol. The molecule has 5 heteroatoms. The van der Waals surface area contributed by atoms with E-state index in [1.54, 1.807) is 0 Å². The van der Waals surface area contributed by atoms with Gasteiger partial charge in [-0.25, -0.2) is 4.39 Å². The molecule has 24 heavy (non-hydrogen) atoms. The first-order chi connectivity index (χ1) is 11.1. The van der Waals surface area contributed by atoms with Crippen LogP contribution in [0, 0.1) is 11.7 Å². The lowest BCUT2D eigenvalue weighted by Crippen LogP contribution is -2.30. The summed E-state index contributed by atoms with van der Waals surface area (Å²) in [7, 11) is 0. The smallest absolute Gasteiger partial charge is 0.226 e. The highest BCUT2D eigenvalue weighted by Crippen LogP contribution is 2.22. The third-order valence-electron chi connectivity index (χ3n) is 4.41. The first-order valence-corrected chi connectivity index (χ1v) is 7.97. The Balaban J connectivity index is 0.00000208. The van der Waals surface area contributed by atoms with Crippen molar-refractivity contribution >= 4 is 24.0 Å². The van der Waals surface area contributed by atoms with E-state index < -0.39 is 0 Å². The molecule has 128 valence electrons. The average Bonchev–Trinajstić information content (AvgIpc) is 3.00. The number of nitrogens with zero attached hydrogens (tertiary/aromatic N) is 1. The Morgan fingerprint density at radius 2 is 1.71 bits per heavy atom. The van der Waals surface area contributed by atoms with Gasteiger partial charge in [0.15, 0.2) is 0 Å². The second-order valence-corrected chi connectivity index (χ2v) is 6.24. The molecular weight excluding hydrogens is 327 g/mol. The van der Waals surface area contributed by atoms with Crippen LogP contribution in [0.3, 0.4) is 0 Å². The molecule has 0 radical (unpaired) electrons. The zero-order valence-corrected chi connectivity index (χ0v) is 14.3. The molecule has 2 aromatic carbocycles. The summed E-state index contributed by atoms with van der Waals surface area (Å²) in [6, 6.07) is 14.1. The van der Waals surface area contributed by atoms with Crippen LogP contribution in [0.2, 0.25) is 0 Å². The van der Waals surface area contributed by atoms with Crippen LogP contribution in [0.4, 0.5) is 10.1 Å². The quantitative estimate of drug-likeness (QED) is 0.860. The highest BCUT2D eigenvalue weighted by Gasteiger charge is 2.26. The molecule has 0 saturated carbocycles. The van der Waals surface area contributed by atoms with Crippen molar-refractivity contribution in [3.05, 3.63) is 65.5 Å². The summed E-state index contributed by atoms with van der Waals surface area (Å²) in [6.07, 6.45) is 2.32. The predicted molar refractivity (Wildman–Crippen MR) is 96.6 cm³/mol. The molecule has 1 atom stereocenters. The van der Waals surface area contributed by atoms with Gasteiger partial charge in [-0.3, -0.25) is 4.79 Å². The summed E-state index contributed by atoms with van der Waals surface area (Å²) < 4.78 is 12.9. The standard InChI is InChI=1S/C19H21FN2O.ClH/c20-17-5-1-14(2-6-17)11-16-9-10-22(13-16)19(23)12-15-3-7-18(21)8-4-15;/h1-8,16H,9-13,21H2;1H. The Kier molecular flexibility index (Phi) is 6.21. The molecule has 2 aromatic rings. The fourth-order valence-corrected chi connectivity index (χ4v) is 3.10. The fourth-order valence-electron chi connectivity index (χ4n) is 3.10. The lowest BCUT2D eigenvalue weighted by Gasteiger charge is -2.17. The van der Waals surface area contributed by atoms with Crippen molar-refractivity contribution in [3.8, 4) is 0 Å². The number of halogens is 2. The molecule has 3 nitrogen and oxygen atoms in total. The van der Waals surface area contributed by atoms with Crippen LogP contribution in [-0.2, 0) is 17.6 Å². The van der Waals surface area contributed by atoms with Gasteiger partial charge in [0.2, 0.25) is 5.91 Å². The molecule has 1 saturated heterocycles. The molecule has 1 unspecified atom stereocenters. The van der Waals surface area contributed by atoms with Crippen LogP contribution < -0.4 is 5.73 Å². The van der Waals surface area contributed by atoms with Gasteiger partial charge in [-0.2, -0.15) is 0 Å². The average molecular weight is 349 g/mol. The van der Waals surface area contributed by atoms with Crippen LogP contribution >= 0.6 is 12.4 Å². The van der Waals surface area contributed by atoms with Crippen molar-refractivity contribution in [1.29, 1.82) is 0 Å². The molecule has 0 aliphatic carbocycles. The molecule has 1 fully saturated rings. The van der Waals surface area contributed by atoms with Crippen molar-refractivity contribution in [1.82, 2.24) is 4.90 Å². The van der Waals surface area contributed by atoms with E-state index in [2.05, 4.69) is 0 Å². The van der Waals surface area contributed by atoms with Gasteiger partial charge in [0.05, 0.1) is 6.42 Å². The Morgan fingerprint density at radius 1 is 1.08 bits per heavy atom. The Hall–Kier alpha value is -2.07. The first-order valence-electron chi connectivity index (χ1n) is 7.97. The van der Waals surface area contributed by atoms with Crippen LogP contribution in [0.15, 0.2) is 48.5 Å². The maximum Gasteiger partial charge on any atom is 0.226 e. The summed E-state index contributed by atoms with van der Waals surface area (Å²) in [4.78, 5) is 14.3. The van der Waals surface area contributed by atoms with Crippen LogP contribution in [0.25, 0.3) is 0 Å². The zero-order chi connectivity index (χ0) is 16.2. The second kappa shape index (κ2) is 8.15. The summed E-state index contributed by atoms with van der Waals surface area (Å²) in [5.41, 5.74) is 8.49. The van der Waals surface area contributed by atoms with E-state index in [1.807, 2.05) is 41.3 Å². The number of rotatable bonds is 4. The molecule has 1 aliphatic heterocycles. The number of nitrogens with two attached hydrogens (primary N) is 1. The Bertz CT molecular complexity index is 673. The van der Waals surface area contributed by atoms with Crippen molar-refractivity contribution < 1.29 is 9.18 Å². The van der Waals surface area contributed by atoms with Crippen molar-refractivity contribution in [2.75, 3.05) is 18.8 Å². The first kappa shape index (κ1) is 18.3. The third-order valence-corrected chi connectivity index (χ3v) is 4.41. The van der Waals surface area contributed by atoms with E-state index in [0.29, 0.717) is 18.0 Å². The number of benzene rings is 2. The van der Waals surface area contributed by atoms with Crippen LogP contribution in [0.5, 0.6) is 0 Å². The number of carbonyl (C=O) groups excluding carboxylic acids is 1. The summed E-state index contributed by atoms with van der Waals surface area (Å²) in [5, 5.41) is 0. The van der Waals surface area contributed by atoms with Crippen molar-refractivity contribution in [2.24, 2.45) is 5.92 Å². The fraction of sp³-hybridized carbons (Fsp3) is 0.316. The molecule has 1 heterocycles. The van der Waals surface area contributed by atoms with Gasteiger partial charge < -0.3 is 10.6 Å². The molecule has 1 amide bonds. The number of hydrogen-bond donors (Lipinski definition) is 1. The van der Waals surface area contributed by atoms with E-state index in [1.165, 1.54) is 12.1 Å².